The van der Waals surface area contributed by atoms with Crippen LogP contribution in [0.2, 0.25) is 0 Å². The predicted octanol–water partition coefficient (Wildman–Crippen LogP) is 4.45. The molecule has 2 aromatic heterocycles. The van der Waals surface area contributed by atoms with E-state index in [9.17, 15) is 9.59 Å². The molecule has 2 unspecified atom stereocenters. The molecule has 0 aromatic carbocycles. The van der Waals surface area contributed by atoms with Gasteiger partial charge in [0.15, 0.2) is 0 Å². The van der Waals surface area contributed by atoms with E-state index in [2.05, 4.69) is 24.3 Å². The number of hydrogen-bond donors (Lipinski definition) is 1. The number of hydrogen-bond acceptors (Lipinski definition) is 4. The van der Waals surface area contributed by atoms with Crippen molar-refractivity contribution in [3.8, 4) is 0 Å². The van der Waals surface area contributed by atoms with Crippen LogP contribution in [0.15, 0.2) is 4.79 Å². The van der Waals surface area contributed by atoms with Gasteiger partial charge in [-0.05, 0) is 81.6 Å². The molecule has 0 spiro atoms. The summed E-state index contributed by atoms with van der Waals surface area (Å²) >= 11 is 1.54. The number of thiophene rings is 1. The van der Waals surface area contributed by atoms with Crippen molar-refractivity contribution in [2.24, 2.45) is 22.2 Å². The minimum absolute atomic E-state index is 0.0185. The Hall–Kier alpha value is -1.69. The summed E-state index contributed by atoms with van der Waals surface area (Å²) in [6.07, 6.45) is 6.57. The number of carbonyl (C=O) groups excluding carboxylic acids is 1. The van der Waals surface area contributed by atoms with Gasteiger partial charge in [0, 0.05) is 4.88 Å². The van der Waals surface area contributed by atoms with E-state index in [1.54, 1.807) is 18.3 Å². The summed E-state index contributed by atoms with van der Waals surface area (Å²) in [5.41, 5.74) is 3.99. The van der Waals surface area contributed by atoms with Crippen LogP contribution in [0.25, 0.3) is 10.2 Å². The zero-order chi connectivity index (χ0) is 20.1. The van der Waals surface area contributed by atoms with Crippen molar-refractivity contribution in [3.05, 3.63) is 26.6 Å². The van der Waals surface area contributed by atoms with Crippen LogP contribution in [0.3, 0.4) is 0 Å². The molecule has 1 N–H and O–H groups in total. The number of aryl methyl sites for hydroxylation is 3. The van der Waals surface area contributed by atoms with Crippen molar-refractivity contribution < 1.29 is 4.79 Å². The van der Waals surface area contributed by atoms with Crippen molar-refractivity contribution in [1.82, 2.24) is 9.66 Å². The van der Waals surface area contributed by atoms with Gasteiger partial charge in [0.1, 0.15) is 10.7 Å². The van der Waals surface area contributed by atoms with Crippen LogP contribution in [-0.4, -0.2) is 15.6 Å². The fourth-order valence-electron chi connectivity index (χ4n) is 7.45. The number of aromatic nitrogens is 2. The molecule has 0 aliphatic heterocycles. The highest BCUT2D eigenvalue weighted by Gasteiger charge is 2.62. The van der Waals surface area contributed by atoms with Gasteiger partial charge in [-0.15, -0.1) is 11.3 Å². The average Bonchev–Trinajstić information content (AvgIpc) is 2.82. The largest absolute Gasteiger partial charge is 0.281 e. The topological polar surface area (TPSA) is 64.0 Å². The molecular weight excluding hydrogens is 370 g/mol. The first-order valence-electron chi connectivity index (χ1n) is 10.3. The lowest BCUT2D eigenvalue weighted by molar-refractivity contribution is -0.166. The van der Waals surface area contributed by atoms with E-state index in [1.165, 1.54) is 23.9 Å². The fourth-order valence-corrected chi connectivity index (χ4v) is 8.51. The van der Waals surface area contributed by atoms with Crippen molar-refractivity contribution in [2.45, 2.75) is 73.1 Å². The lowest BCUT2D eigenvalue weighted by atomic mass is 9.40. The standard InChI is InChI=1S/C22H29N3O2S/c1-12-13(2)28-17-16(12)18(26)25(14(3)23-17)24-19(27)22-8-15-6-20(4,10-22)9-21(5,7-15)11-22/h15H,6-11H2,1-5H3,(H,24,27). The Morgan fingerprint density at radius 1 is 1.11 bits per heavy atom. The van der Waals surface area contributed by atoms with Crippen LogP contribution in [0, 0.1) is 42.9 Å². The normalized spacial score (nSPS) is 36.2. The Balaban J connectivity index is 1.55. The maximum Gasteiger partial charge on any atom is 0.281 e. The summed E-state index contributed by atoms with van der Waals surface area (Å²) < 4.78 is 1.40. The number of carbonyl (C=O) groups is 1. The van der Waals surface area contributed by atoms with E-state index in [4.69, 9.17) is 0 Å². The molecule has 4 bridgehead atoms. The maximum absolute atomic E-state index is 13.6. The molecular formula is C22H29N3O2S. The number of rotatable bonds is 2. The summed E-state index contributed by atoms with van der Waals surface area (Å²) in [6, 6.07) is 0. The quantitative estimate of drug-likeness (QED) is 0.811. The molecule has 2 atom stereocenters. The zero-order valence-corrected chi connectivity index (χ0v) is 18.3. The van der Waals surface area contributed by atoms with Gasteiger partial charge in [-0.25, -0.2) is 9.66 Å². The van der Waals surface area contributed by atoms with Gasteiger partial charge in [-0.2, -0.15) is 0 Å². The number of nitrogens with one attached hydrogen (secondary N) is 1. The molecule has 1 amide bonds. The molecule has 5 nitrogen and oxygen atoms in total. The molecule has 4 aliphatic rings. The highest BCUT2D eigenvalue weighted by Crippen LogP contribution is 2.69. The number of fused-ring (bicyclic) bond motifs is 1. The zero-order valence-electron chi connectivity index (χ0n) is 17.4. The maximum atomic E-state index is 13.6. The Morgan fingerprint density at radius 3 is 2.36 bits per heavy atom. The van der Waals surface area contributed by atoms with Crippen LogP contribution in [0.1, 0.15) is 68.6 Å². The van der Waals surface area contributed by atoms with Crippen LogP contribution >= 0.6 is 11.3 Å². The smallest absolute Gasteiger partial charge is 0.273 e. The first-order chi connectivity index (χ1) is 13.0. The lowest BCUT2D eigenvalue weighted by Gasteiger charge is -2.64. The Labute approximate surface area is 169 Å². The highest BCUT2D eigenvalue weighted by atomic mass is 32.1. The second kappa shape index (κ2) is 5.47. The molecule has 6 heteroatoms. The highest BCUT2D eigenvalue weighted by molar-refractivity contribution is 7.18. The van der Waals surface area contributed by atoms with Crippen LogP contribution < -0.4 is 11.0 Å². The molecule has 4 aliphatic carbocycles. The molecule has 2 heterocycles. The fraction of sp³-hybridized carbons (Fsp3) is 0.682. The summed E-state index contributed by atoms with van der Waals surface area (Å²) in [7, 11) is 0. The van der Waals surface area contributed by atoms with Crippen molar-refractivity contribution >= 4 is 27.5 Å². The second-order valence-electron chi connectivity index (χ2n) is 10.6. The van der Waals surface area contributed by atoms with Gasteiger partial charge in [-0.3, -0.25) is 15.0 Å². The molecule has 4 saturated carbocycles. The monoisotopic (exact) mass is 399 g/mol. The van der Waals surface area contributed by atoms with E-state index in [1.807, 2.05) is 13.8 Å². The van der Waals surface area contributed by atoms with Gasteiger partial charge in [0.05, 0.1) is 10.8 Å². The van der Waals surface area contributed by atoms with Gasteiger partial charge in [-0.1, -0.05) is 13.8 Å². The van der Waals surface area contributed by atoms with Crippen LogP contribution in [0.4, 0.5) is 0 Å². The third-order valence-corrected chi connectivity index (χ3v) is 8.79. The van der Waals surface area contributed by atoms with Crippen molar-refractivity contribution in [1.29, 1.82) is 0 Å². The Morgan fingerprint density at radius 2 is 1.75 bits per heavy atom. The second-order valence-corrected chi connectivity index (χ2v) is 11.8. The molecule has 28 heavy (non-hydrogen) atoms. The molecule has 4 fully saturated rings. The molecule has 150 valence electrons. The van der Waals surface area contributed by atoms with E-state index in [-0.39, 0.29) is 27.7 Å². The van der Waals surface area contributed by atoms with Gasteiger partial charge in [0.25, 0.3) is 5.56 Å². The summed E-state index contributed by atoms with van der Waals surface area (Å²) in [6.45, 7) is 10.5. The van der Waals surface area contributed by atoms with Crippen molar-refractivity contribution in [3.63, 3.8) is 0 Å². The average molecular weight is 400 g/mol. The van der Waals surface area contributed by atoms with Gasteiger partial charge in [0.2, 0.25) is 5.91 Å². The van der Waals surface area contributed by atoms with E-state index >= 15 is 0 Å². The molecule has 0 radical (unpaired) electrons. The third-order valence-electron chi connectivity index (χ3n) is 7.69. The minimum atomic E-state index is -0.344. The SMILES string of the molecule is Cc1sc2nc(C)n(NC(=O)C34CC5CC(C)(CC(C)(C5)C3)C4)c(=O)c2c1C. The first kappa shape index (κ1) is 18.3. The summed E-state index contributed by atoms with van der Waals surface area (Å²) in [4.78, 5) is 33.2. The Bertz CT molecular complexity index is 1060. The van der Waals surface area contributed by atoms with Gasteiger partial charge >= 0.3 is 0 Å². The lowest BCUT2D eigenvalue weighted by Crippen LogP contribution is -2.59. The molecule has 2 aromatic rings. The predicted molar refractivity (Wildman–Crippen MR) is 112 cm³/mol. The van der Waals surface area contributed by atoms with E-state index < -0.39 is 0 Å². The first-order valence-corrected chi connectivity index (χ1v) is 11.2. The van der Waals surface area contributed by atoms with Crippen molar-refractivity contribution in [2.75, 3.05) is 5.43 Å². The third kappa shape index (κ3) is 2.46. The minimum Gasteiger partial charge on any atom is -0.273 e. The summed E-state index contributed by atoms with van der Waals surface area (Å²) in [5.74, 6) is 1.21. The summed E-state index contributed by atoms with van der Waals surface area (Å²) in [5, 5.41) is 0.637. The van der Waals surface area contributed by atoms with Gasteiger partial charge < -0.3 is 0 Å². The Kier molecular flexibility index (Phi) is 3.58. The van der Waals surface area contributed by atoms with E-state index in [0.29, 0.717) is 17.1 Å². The molecule has 0 saturated heterocycles. The van der Waals surface area contributed by atoms with E-state index in [0.717, 1.165) is 34.5 Å². The van der Waals surface area contributed by atoms with Crippen LogP contribution in [0.5, 0.6) is 0 Å². The molecule has 6 rings (SSSR count). The van der Waals surface area contributed by atoms with Crippen LogP contribution in [-0.2, 0) is 4.79 Å². The number of nitrogens with zero attached hydrogens (tertiary/aromatic N) is 2. The number of amides is 1.